The molecule has 0 atom stereocenters. The summed E-state index contributed by atoms with van der Waals surface area (Å²) in [4.78, 5) is 18.5. The van der Waals surface area contributed by atoms with Crippen molar-refractivity contribution in [2.75, 3.05) is 13.1 Å². The van der Waals surface area contributed by atoms with E-state index in [2.05, 4.69) is 11.1 Å². The second-order valence-electron chi connectivity index (χ2n) is 6.45. The molecule has 2 heterocycles. The highest BCUT2D eigenvalue weighted by Crippen LogP contribution is 2.34. The first-order valence-electron chi connectivity index (χ1n) is 7.01. The van der Waals surface area contributed by atoms with Crippen LogP contribution in [-0.4, -0.2) is 28.9 Å². The zero-order valence-corrected chi connectivity index (χ0v) is 12.4. The first-order valence-corrected chi connectivity index (χ1v) is 7.01. The molecule has 0 saturated carbocycles. The van der Waals surface area contributed by atoms with E-state index in [4.69, 9.17) is 0 Å². The van der Waals surface area contributed by atoms with Crippen LogP contribution in [0.1, 0.15) is 39.3 Å². The molecule has 106 valence electrons. The molecule has 1 fully saturated rings. The highest BCUT2D eigenvalue weighted by molar-refractivity contribution is 5.81. The summed E-state index contributed by atoms with van der Waals surface area (Å²) in [6.45, 7) is 7.04. The SMILES string of the molecule is CC(C)(C)C(=O)N1CCC(C#N)(c2ccccn2)CC1. The molecule has 4 nitrogen and oxygen atoms in total. The third kappa shape index (κ3) is 2.67. The maximum absolute atomic E-state index is 12.3. The Morgan fingerprint density at radius 2 is 2.00 bits per heavy atom. The summed E-state index contributed by atoms with van der Waals surface area (Å²) in [5, 5.41) is 9.59. The van der Waals surface area contributed by atoms with Gasteiger partial charge in [-0.3, -0.25) is 9.78 Å². The van der Waals surface area contributed by atoms with Crippen molar-refractivity contribution in [2.45, 2.75) is 39.0 Å². The van der Waals surface area contributed by atoms with Gasteiger partial charge in [0.1, 0.15) is 5.41 Å². The van der Waals surface area contributed by atoms with Crippen molar-refractivity contribution in [2.24, 2.45) is 5.41 Å². The summed E-state index contributed by atoms with van der Waals surface area (Å²) >= 11 is 0. The number of hydrogen-bond donors (Lipinski definition) is 0. The molecular weight excluding hydrogens is 250 g/mol. The van der Waals surface area contributed by atoms with Crippen LogP contribution in [-0.2, 0) is 10.2 Å². The quantitative estimate of drug-likeness (QED) is 0.788. The van der Waals surface area contributed by atoms with Crippen molar-refractivity contribution in [1.82, 2.24) is 9.88 Å². The number of aromatic nitrogens is 1. The molecule has 4 heteroatoms. The van der Waals surface area contributed by atoms with E-state index in [1.807, 2.05) is 43.9 Å². The van der Waals surface area contributed by atoms with Crippen molar-refractivity contribution < 1.29 is 4.79 Å². The Morgan fingerprint density at radius 1 is 1.35 bits per heavy atom. The zero-order chi connectivity index (χ0) is 14.8. The van der Waals surface area contributed by atoms with E-state index >= 15 is 0 Å². The molecule has 1 aromatic heterocycles. The van der Waals surface area contributed by atoms with Crippen molar-refractivity contribution in [3.05, 3.63) is 30.1 Å². The van der Waals surface area contributed by atoms with E-state index in [0.717, 1.165) is 5.69 Å². The molecule has 1 aromatic rings. The van der Waals surface area contributed by atoms with E-state index in [1.54, 1.807) is 6.20 Å². The van der Waals surface area contributed by atoms with Crippen LogP contribution < -0.4 is 0 Å². The van der Waals surface area contributed by atoms with Crippen molar-refractivity contribution in [3.8, 4) is 6.07 Å². The molecule has 0 unspecified atom stereocenters. The van der Waals surface area contributed by atoms with Gasteiger partial charge in [0.15, 0.2) is 0 Å². The Bertz CT molecular complexity index is 517. The van der Waals surface area contributed by atoms with Gasteiger partial charge >= 0.3 is 0 Å². The zero-order valence-electron chi connectivity index (χ0n) is 12.4. The third-order valence-electron chi connectivity index (χ3n) is 3.92. The van der Waals surface area contributed by atoms with E-state index in [9.17, 15) is 10.1 Å². The van der Waals surface area contributed by atoms with Gasteiger partial charge in [-0.1, -0.05) is 26.8 Å². The number of piperidine rings is 1. The second kappa shape index (κ2) is 5.24. The van der Waals surface area contributed by atoms with Gasteiger partial charge in [-0.15, -0.1) is 0 Å². The first-order chi connectivity index (χ1) is 9.39. The first kappa shape index (κ1) is 14.5. The van der Waals surface area contributed by atoms with E-state index in [1.165, 1.54) is 0 Å². The normalized spacial score (nSPS) is 18.4. The van der Waals surface area contributed by atoms with Gasteiger partial charge in [-0.2, -0.15) is 5.26 Å². The maximum atomic E-state index is 12.3. The average molecular weight is 271 g/mol. The Hall–Kier alpha value is -1.89. The summed E-state index contributed by atoms with van der Waals surface area (Å²) < 4.78 is 0. The lowest BCUT2D eigenvalue weighted by Gasteiger charge is -2.39. The molecule has 20 heavy (non-hydrogen) atoms. The Labute approximate surface area is 120 Å². The van der Waals surface area contributed by atoms with Gasteiger partial charge in [0.2, 0.25) is 5.91 Å². The predicted molar refractivity (Wildman–Crippen MR) is 76.8 cm³/mol. The van der Waals surface area contributed by atoms with Crippen LogP contribution in [0.3, 0.4) is 0 Å². The Kier molecular flexibility index (Phi) is 3.80. The molecule has 1 amide bonds. The topological polar surface area (TPSA) is 57.0 Å². The number of rotatable bonds is 1. The molecule has 1 aliphatic rings. The minimum atomic E-state index is -0.546. The molecule has 0 spiro atoms. The summed E-state index contributed by atoms with van der Waals surface area (Å²) in [6.07, 6.45) is 3.03. The largest absolute Gasteiger partial charge is 0.342 e. The van der Waals surface area contributed by atoms with Crippen molar-refractivity contribution in [1.29, 1.82) is 5.26 Å². The molecule has 2 rings (SSSR count). The number of pyridine rings is 1. The van der Waals surface area contributed by atoms with Gasteiger partial charge in [0.05, 0.1) is 11.8 Å². The predicted octanol–water partition coefficient (Wildman–Crippen LogP) is 2.51. The van der Waals surface area contributed by atoms with Gasteiger partial charge < -0.3 is 4.90 Å². The number of carbonyl (C=O) groups is 1. The number of amides is 1. The minimum absolute atomic E-state index is 0.157. The van der Waals surface area contributed by atoms with Gasteiger partial charge in [0.25, 0.3) is 0 Å². The van der Waals surface area contributed by atoms with Crippen molar-refractivity contribution in [3.63, 3.8) is 0 Å². The number of nitrogens with zero attached hydrogens (tertiary/aromatic N) is 3. The Morgan fingerprint density at radius 3 is 2.45 bits per heavy atom. The average Bonchev–Trinajstić information content (AvgIpc) is 2.46. The number of hydrogen-bond acceptors (Lipinski definition) is 3. The standard InChI is InChI=1S/C16H21N3O/c1-15(2,3)14(20)19-10-7-16(12-17,8-11-19)13-6-4-5-9-18-13/h4-6,9H,7-8,10-11H2,1-3H3. The maximum Gasteiger partial charge on any atom is 0.227 e. The second-order valence-corrected chi connectivity index (χ2v) is 6.45. The van der Waals surface area contributed by atoms with Crippen LogP contribution in [0.5, 0.6) is 0 Å². The summed E-state index contributed by atoms with van der Waals surface area (Å²) in [6, 6.07) is 8.10. The van der Waals surface area contributed by atoms with Crippen molar-refractivity contribution >= 4 is 5.91 Å². The van der Waals surface area contributed by atoms with Crippen LogP contribution >= 0.6 is 0 Å². The molecule has 0 aromatic carbocycles. The van der Waals surface area contributed by atoms with Crippen LogP contribution in [0.15, 0.2) is 24.4 Å². The summed E-state index contributed by atoms with van der Waals surface area (Å²) in [5.41, 5.74) is -0.0848. The summed E-state index contributed by atoms with van der Waals surface area (Å²) in [7, 11) is 0. The molecule has 0 N–H and O–H groups in total. The van der Waals surface area contributed by atoms with E-state index in [0.29, 0.717) is 25.9 Å². The monoisotopic (exact) mass is 271 g/mol. The summed E-state index contributed by atoms with van der Waals surface area (Å²) in [5.74, 6) is 0.157. The minimum Gasteiger partial charge on any atom is -0.342 e. The van der Waals surface area contributed by atoms with Crippen LogP contribution in [0.2, 0.25) is 0 Å². The van der Waals surface area contributed by atoms with E-state index < -0.39 is 5.41 Å². The van der Waals surface area contributed by atoms with Crippen LogP contribution in [0, 0.1) is 16.7 Å². The number of carbonyl (C=O) groups excluding carboxylic acids is 1. The highest BCUT2D eigenvalue weighted by atomic mass is 16.2. The smallest absolute Gasteiger partial charge is 0.227 e. The fourth-order valence-electron chi connectivity index (χ4n) is 2.64. The van der Waals surface area contributed by atoms with Gasteiger partial charge in [-0.25, -0.2) is 0 Å². The molecular formula is C16H21N3O. The number of likely N-dealkylation sites (tertiary alicyclic amines) is 1. The fourth-order valence-corrected chi connectivity index (χ4v) is 2.64. The van der Waals surface area contributed by atoms with Crippen LogP contribution in [0.4, 0.5) is 0 Å². The number of nitriles is 1. The van der Waals surface area contributed by atoms with Gasteiger partial charge in [0, 0.05) is 24.7 Å². The third-order valence-corrected chi connectivity index (χ3v) is 3.92. The molecule has 1 aliphatic heterocycles. The van der Waals surface area contributed by atoms with E-state index in [-0.39, 0.29) is 11.3 Å². The molecule has 1 saturated heterocycles. The fraction of sp³-hybridized carbons (Fsp3) is 0.562. The molecule has 0 radical (unpaired) electrons. The lowest BCUT2D eigenvalue weighted by atomic mass is 9.76. The molecule has 0 bridgehead atoms. The van der Waals surface area contributed by atoms with Gasteiger partial charge in [-0.05, 0) is 25.0 Å². The highest BCUT2D eigenvalue weighted by Gasteiger charge is 2.40. The Balaban J connectivity index is 2.14. The molecule has 0 aliphatic carbocycles. The van der Waals surface area contributed by atoms with Crippen LogP contribution in [0.25, 0.3) is 0 Å². The lowest BCUT2D eigenvalue weighted by molar-refractivity contribution is -0.140. The lowest BCUT2D eigenvalue weighted by Crippen LogP contribution is -2.48.